The molecule has 0 aliphatic carbocycles. The van der Waals surface area contributed by atoms with Gasteiger partial charge in [-0.15, -0.1) is 0 Å². The van der Waals surface area contributed by atoms with E-state index in [0.717, 1.165) is 6.07 Å². The van der Waals surface area contributed by atoms with Gasteiger partial charge in [-0.3, -0.25) is 0 Å². The summed E-state index contributed by atoms with van der Waals surface area (Å²) >= 11 is 0. The number of halogens is 2. The van der Waals surface area contributed by atoms with E-state index in [1.165, 1.54) is 38.5 Å². The first-order valence-corrected chi connectivity index (χ1v) is 5.78. The number of nitrogen functional groups attached to an aromatic ring is 1. The largest absolute Gasteiger partial charge is 0.495 e. The zero-order chi connectivity index (χ0) is 14.7. The van der Waals surface area contributed by atoms with E-state index in [9.17, 15) is 8.78 Å². The molecule has 0 heterocycles. The van der Waals surface area contributed by atoms with Crippen molar-refractivity contribution in [1.82, 2.24) is 0 Å². The van der Waals surface area contributed by atoms with Crippen molar-refractivity contribution < 1.29 is 18.3 Å². The number of anilines is 3. The molecule has 0 spiro atoms. The van der Waals surface area contributed by atoms with Crippen LogP contribution in [0, 0.1) is 11.6 Å². The van der Waals surface area contributed by atoms with Crippen LogP contribution in [-0.4, -0.2) is 14.2 Å². The van der Waals surface area contributed by atoms with Crippen molar-refractivity contribution in [2.45, 2.75) is 0 Å². The summed E-state index contributed by atoms with van der Waals surface area (Å²) in [5.74, 6) is -0.610. The maximum Gasteiger partial charge on any atom is 0.165 e. The van der Waals surface area contributed by atoms with Crippen LogP contribution < -0.4 is 20.5 Å². The fourth-order valence-corrected chi connectivity index (χ4v) is 1.73. The number of hydrogen-bond donors (Lipinski definition) is 2. The maximum absolute atomic E-state index is 13.8. The van der Waals surface area contributed by atoms with Gasteiger partial charge < -0.3 is 20.5 Å². The third kappa shape index (κ3) is 2.74. The van der Waals surface area contributed by atoms with Crippen molar-refractivity contribution in [3.05, 3.63) is 42.0 Å². The van der Waals surface area contributed by atoms with E-state index in [1.54, 1.807) is 0 Å². The monoisotopic (exact) mass is 280 g/mol. The van der Waals surface area contributed by atoms with Crippen molar-refractivity contribution in [1.29, 1.82) is 0 Å². The van der Waals surface area contributed by atoms with Crippen LogP contribution in [0.3, 0.4) is 0 Å². The minimum Gasteiger partial charge on any atom is -0.495 e. The maximum atomic E-state index is 13.8. The molecule has 2 aromatic rings. The summed E-state index contributed by atoms with van der Waals surface area (Å²) < 4.78 is 37.0. The van der Waals surface area contributed by atoms with Crippen molar-refractivity contribution in [2.24, 2.45) is 0 Å². The van der Waals surface area contributed by atoms with Crippen molar-refractivity contribution in [3.8, 4) is 11.5 Å². The van der Waals surface area contributed by atoms with Gasteiger partial charge in [0.25, 0.3) is 0 Å². The Morgan fingerprint density at radius 2 is 1.65 bits per heavy atom. The SMILES string of the molecule is COc1cc(Nc2ccc(F)c(OC)c2)c(F)cc1N. The van der Waals surface area contributed by atoms with Crippen LogP contribution in [-0.2, 0) is 0 Å². The molecule has 0 atom stereocenters. The highest BCUT2D eigenvalue weighted by Crippen LogP contribution is 2.31. The molecule has 20 heavy (non-hydrogen) atoms. The van der Waals surface area contributed by atoms with Gasteiger partial charge in [0.05, 0.1) is 25.6 Å². The highest BCUT2D eigenvalue weighted by Gasteiger charge is 2.10. The van der Waals surface area contributed by atoms with Crippen molar-refractivity contribution in [2.75, 3.05) is 25.3 Å². The third-order valence-electron chi connectivity index (χ3n) is 2.75. The van der Waals surface area contributed by atoms with Crippen LogP contribution in [0.1, 0.15) is 0 Å². The lowest BCUT2D eigenvalue weighted by atomic mass is 10.2. The van der Waals surface area contributed by atoms with Crippen molar-refractivity contribution >= 4 is 17.1 Å². The van der Waals surface area contributed by atoms with E-state index in [4.69, 9.17) is 15.2 Å². The van der Waals surface area contributed by atoms with E-state index in [0.29, 0.717) is 11.4 Å². The lowest BCUT2D eigenvalue weighted by Crippen LogP contribution is -1.99. The van der Waals surface area contributed by atoms with Gasteiger partial charge in [-0.2, -0.15) is 0 Å². The summed E-state index contributed by atoms with van der Waals surface area (Å²) in [7, 11) is 2.79. The van der Waals surface area contributed by atoms with Gasteiger partial charge in [0.1, 0.15) is 11.6 Å². The zero-order valence-electron chi connectivity index (χ0n) is 11.0. The molecule has 4 nitrogen and oxygen atoms in total. The Morgan fingerprint density at radius 1 is 0.950 bits per heavy atom. The molecule has 0 amide bonds. The van der Waals surface area contributed by atoms with Crippen LogP contribution in [0.15, 0.2) is 30.3 Å². The Labute approximate surface area is 115 Å². The van der Waals surface area contributed by atoms with Crippen LogP contribution in [0.25, 0.3) is 0 Å². The summed E-state index contributed by atoms with van der Waals surface area (Å²) in [4.78, 5) is 0. The van der Waals surface area contributed by atoms with Gasteiger partial charge in [0.2, 0.25) is 0 Å². The number of ether oxygens (including phenoxy) is 2. The second-order valence-electron chi connectivity index (χ2n) is 4.05. The fraction of sp³-hybridized carbons (Fsp3) is 0.143. The molecule has 0 aliphatic heterocycles. The van der Waals surface area contributed by atoms with E-state index in [2.05, 4.69) is 5.32 Å². The number of nitrogens with one attached hydrogen (secondary N) is 1. The number of benzene rings is 2. The summed E-state index contributed by atoms with van der Waals surface area (Å²) in [6.07, 6.45) is 0. The highest BCUT2D eigenvalue weighted by molar-refractivity contribution is 5.68. The third-order valence-corrected chi connectivity index (χ3v) is 2.75. The Hall–Kier alpha value is -2.50. The first-order chi connectivity index (χ1) is 9.55. The minimum atomic E-state index is -0.536. The van der Waals surface area contributed by atoms with E-state index >= 15 is 0 Å². The summed E-state index contributed by atoms with van der Waals surface area (Å²) in [6.45, 7) is 0. The molecule has 3 N–H and O–H groups in total. The van der Waals surface area contributed by atoms with Crippen molar-refractivity contribution in [3.63, 3.8) is 0 Å². The molecule has 6 heteroatoms. The van der Waals surface area contributed by atoms with Crippen LogP contribution in [0.2, 0.25) is 0 Å². The van der Waals surface area contributed by atoms with Gasteiger partial charge >= 0.3 is 0 Å². The molecule has 0 fully saturated rings. The smallest absolute Gasteiger partial charge is 0.165 e. The van der Waals surface area contributed by atoms with Crippen LogP contribution >= 0.6 is 0 Å². The molecule has 0 aromatic heterocycles. The molecule has 0 bridgehead atoms. The fourth-order valence-electron chi connectivity index (χ4n) is 1.73. The standard InChI is InChI=1S/C14H14F2N2O2/c1-19-13-5-8(3-4-9(13)15)18-12-7-14(20-2)11(17)6-10(12)16/h3-7,18H,17H2,1-2H3. The second-order valence-corrected chi connectivity index (χ2v) is 4.05. The highest BCUT2D eigenvalue weighted by atomic mass is 19.1. The van der Waals surface area contributed by atoms with Gasteiger partial charge in [-0.05, 0) is 12.1 Å². The van der Waals surface area contributed by atoms with Crippen LogP contribution in [0.5, 0.6) is 11.5 Å². The van der Waals surface area contributed by atoms with Gasteiger partial charge in [0.15, 0.2) is 11.6 Å². The number of hydrogen-bond acceptors (Lipinski definition) is 4. The van der Waals surface area contributed by atoms with E-state index in [-0.39, 0.29) is 17.1 Å². The number of nitrogens with two attached hydrogens (primary N) is 1. The lowest BCUT2D eigenvalue weighted by Gasteiger charge is -2.12. The normalized spacial score (nSPS) is 10.2. The van der Waals surface area contributed by atoms with Crippen LogP contribution in [0.4, 0.5) is 25.8 Å². The lowest BCUT2D eigenvalue weighted by molar-refractivity contribution is 0.387. The Kier molecular flexibility index (Phi) is 3.93. The zero-order valence-corrected chi connectivity index (χ0v) is 11.0. The van der Waals surface area contributed by atoms with Gasteiger partial charge in [-0.25, -0.2) is 8.78 Å². The average Bonchev–Trinajstić information content (AvgIpc) is 2.43. The van der Waals surface area contributed by atoms with E-state index < -0.39 is 11.6 Å². The van der Waals surface area contributed by atoms with E-state index in [1.807, 2.05) is 0 Å². The molecular formula is C14H14F2N2O2. The molecule has 0 saturated carbocycles. The molecule has 0 unspecified atom stereocenters. The molecular weight excluding hydrogens is 266 g/mol. The predicted octanol–water partition coefficient (Wildman–Crippen LogP) is 3.31. The Bertz CT molecular complexity index is 633. The first-order valence-electron chi connectivity index (χ1n) is 5.78. The number of methoxy groups -OCH3 is 2. The topological polar surface area (TPSA) is 56.5 Å². The molecule has 2 aromatic carbocycles. The first kappa shape index (κ1) is 13.9. The Morgan fingerprint density at radius 3 is 2.30 bits per heavy atom. The quantitative estimate of drug-likeness (QED) is 0.844. The summed E-state index contributed by atoms with van der Waals surface area (Å²) in [6, 6.07) is 6.72. The molecule has 106 valence electrons. The average molecular weight is 280 g/mol. The number of rotatable bonds is 4. The Balaban J connectivity index is 2.34. The second kappa shape index (κ2) is 5.64. The van der Waals surface area contributed by atoms with Gasteiger partial charge in [0, 0.05) is 23.9 Å². The molecule has 0 saturated heterocycles. The minimum absolute atomic E-state index is 0.0674. The summed E-state index contributed by atoms with van der Waals surface area (Å²) in [5.41, 5.74) is 6.45. The van der Waals surface area contributed by atoms with Gasteiger partial charge in [-0.1, -0.05) is 0 Å². The molecule has 0 aliphatic rings. The predicted molar refractivity (Wildman–Crippen MR) is 73.6 cm³/mol. The summed E-state index contributed by atoms with van der Waals surface area (Å²) in [5, 5.41) is 2.82. The molecule has 0 radical (unpaired) electrons. The molecule has 2 rings (SSSR count).